The van der Waals surface area contributed by atoms with Crippen LogP contribution in [0.5, 0.6) is 0 Å². The highest BCUT2D eigenvalue weighted by molar-refractivity contribution is 6.06. The maximum absolute atomic E-state index is 6.19. The van der Waals surface area contributed by atoms with Gasteiger partial charge in [0, 0.05) is 17.2 Å². The number of hydrogen-bond acceptors (Lipinski definition) is 3. The van der Waals surface area contributed by atoms with Crippen molar-refractivity contribution in [3.63, 3.8) is 0 Å². The van der Waals surface area contributed by atoms with Crippen molar-refractivity contribution in [3.05, 3.63) is 60.2 Å². The van der Waals surface area contributed by atoms with E-state index in [9.17, 15) is 0 Å². The van der Waals surface area contributed by atoms with Crippen molar-refractivity contribution in [3.8, 4) is 0 Å². The molecule has 2 aromatic carbocycles. The molecule has 1 aliphatic carbocycles. The van der Waals surface area contributed by atoms with E-state index in [-0.39, 0.29) is 0 Å². The number of hydrazone groups is 1. The normalized spacial score (nSPS) is 16.5. The van der Waals surface area contributed by atoms with Crippen LogP contribution in [0.4, 0.5) is 11.4 Å². The average molecular weight is 293 g/mol. The molecule has 0 radical (unpaired) electrons. The number of nitrogen functional groups attached to an aromatic ring is 1. The van der Waals surface area contributed by atoms with Crippen LogP contribution < -0.4 is 11.2 Å². The van der Waals surface area contributed by atoms with E-state index in [4.69, 9.17) is 10.8 Å². The van der Waals surface area contributed by atoms with Gasteiger partial charge in [0.2, 0.25) is 0 Å². The summed E-state index contributed by atoms with van der Waals surface area (Å²) in [6.45, 7) is 0. The van der Waals surface area contributed by atoms with Gasteiger partial charge in [-0.2, -0.15) is 5.10 Å². The second-order valence-corrected chi connectivity index (χ2v) is 5.90. The second-order valence-electron chi connectivity index (χ2n) is 5.90. The molecular formula is C19H23N3. The van der Waals surface area contributed by atoms with Crippen LogP contribution >= 0.6 is 0 Å². The standard InChI is InChI=1S/C19H23N3/c20-18-14-8-7-13-17(18)19(15-9-3-1-4-10-15)22-21-16-11-5-2-6-12-16/h2,5-8,11-15,21H,1,3-4,9-10,20H2. The van der Waals surface area contributed by atoms with Gasteiger partial charge in [0.1, 0.15) is 0 Å². The Morgan fingerprint density at radius 1 is 0.909 bits per heavy atom. The molecule has 22 heavy (non-hydrogen) atoms. The van der Waals surface area contributed by atoms with Crippen molar-refractivity contribution < 1.29 is 0 Å². The fourth-order valence-corrected chi connectivity index (χ4v) is 3.12. The molecule has 0 heterocycles. The minimum Gasteiger partial charge on any atom is -0.398 e. The molecule has 2 aromatic rings. The molecule has 0 saturated heterocycles. The first-order valence-electron chi connectivity index (χ1n) is 8.08. The van der Waals surface area contributed by atoms with Crippen LogP contribution in [0.3, 0.4) is 0 Å². The molecule has 1 saturated carbocycles. The molecule has 3 rings (SSSR count). The Bertz CT molecular complexity index is 628. The lowest BCUT2D eigenvalue weighted by Gasteiger charge is -2.24. The summed E-state index contributed by atoms with van der Waals surface area (Å²) in [4.78, 5) is 0. The number of nitrogens with zero attached hydrogens (tertiary/aromatic N) is 1. The van der Waals surface area contributed by atoms with Gasteiger partial charge in [-0.1, -0.05) is 55.7 Å². The van der Waals surface area contributed by atoms with E-state index in [0.29, 0.717) is 5.92 Å². The predicted molar refractivity (Wildman–Crippen MR) is 94.0 cm³/mol. The van der Waals surface area contributed by atoms with E-state index >= 15 is 0 Å². The zero-order chi connectivity index (χ0) is 15.2. The van der Waals surface area contributed by atoms with Crippen LogP contribution in [0, 0.1) is 5.92 Å². The molecule has 0 bridgehead atoms. The van der Waals surface area contributed by atoms with Crippen LogP contribution in [0.25, 0.3) is 0 Å². The summed E-state index contributed by atoms with van der Waals surface area (Å²) in [5.41, 5.74) is 13.4. The maximum atomic E-state index is 6.19. The molecule has 0 aliphatic heterocycles. The lowest BCUT2D eigenvalue weighted by atomic mass is 9.83. The molecule has 3 N–H and O–H groups in total. The molecule has 0 spiro atoms. The number of hydrogen-bond donors (Lipinski definition) is 2. The Balaban J connectivity index is 1.90. The first kappa shape index (κ1) is 14.6. The van der Waals surface area contributed by atoms with Crippen LogP contribution in [0.15, 0.2) is 59.7 Å². The van der Waals surface area contributed by atoms with Crippen molar-refractivity contribution in [1.82, 2.24) is 0 Å². The predicted octanol–water partition coefficient (Wildman–Crippen LogP) is 4.67. The van der Waals surface area contributed by atoms with Gasteiger partial charge in [0.25, 0.3) is 0 Å². The van der Waals surface area contributed by atoms with Gasteiger partial charge in [0.05, 0.1) is 11.4 Å². The molecule has 0 aromatic heterocycles. The largest absolute Gasteiger partial charge is 0.398 e. The third kappa shape index (κ3) is 3.48. The number of benzene rings is 2. The SMILES string of the molecule is Nc1ccccc1C(=NNc1ccccc1)C1CCCCC1. The number of anilines is 2. The number of nitrogens with two attached hydrogens (primary N) is 1. The second kappa shape index (κ2) is 7.12. The Morgan fingerprint density at radius 3 is 2.32 bits per heavy atom. The molecule has 1 fully saturated rings. The summed E-state index contributed by atoms with van der Waals surface area (Å²) in [5, 5.41) is 4.74. The Kier molecular flexibility index (Phi) is 4.74. The van der Waals surface area contributed by atoms with Crippen molar-refractivity contribution in [2.75, 3.05) is 11.2 Å². The van der Waals surface area contributed by atoms with Crippen molar-refractivity contribution in [1.29, 1.82) is 0 Å². The highest BCUT2D eigenvalue weighted by atomic mass is 15.3. The van der Waals surface area contributed by atoms with Crippen LogP contribution in [0.1, 0.15) is 37.7 Å². The monoisotopic (exact) mass is 293 g/mol. The Labute approximate surface area is 132 Å². The molecule has 1 aliphatic rings. The minimum absolute atomic E-state index is 0.495. The summed E-state index contributed by atoms with van der Waals surface area (Å²) in [6, 6.07) is 18.1. The minimum atomic E-state index is 0.495. The summed E-state index contributed by atoms with van der Waals surface area (Å²) in [7, 11) is 0. The lowest BCUT2D eigenvalue weighted by molar-refractivity contribution is 0.439. The topological polar surface area (TPSA) is 50.4 Å². The smallest absolute Gasteiger partial charge is 0.0730 e. The number of rotatable bonds is 4. The van der Waals surface area contributed by atoms with Crippen molar-refractivity contribution >= 4 is 17.1 Å². The maximum Gasteiger partial charge on any atom is 0.0730 e. The molecular weight excluding hydrogens is 270 g/mol. The summed E-state index contributed by atoms with van der Waals surface area (Å²) >= 11 is 0. The average Bonchev–Trinajstić information content (AvgIpc) is 2.58. The van der Waals surface area contributed by atoms with Crippen LogP contribution in [0.2, 0.25) is 0 Å². The van der Waals surface area contributed by atoms with E-state index in [1.807, 2.05) is 48.5 Å². The van der Waals surface area contributed by atoms with Gasteiger partial charge >= 0.3 is 0 Å². The molecule has 3 nitrogen and oxygen atoms in total. The van der Waals surface area contributed by atoms with Crippen molar-refractivity contribution in [2.45, 2.75) is 32.1 Å². The van der Waals surface area contributed by atoms with E-state index in [1.165, 1.54) is 32.1 Å². The molecule has 3 heteroatoms. The summed E-state index contributed by atoms with van der Waals surface area (Å²) in [6.07, 6.45) is 6.29. The van der Waals surface area contributed by atoms with Gasteiger partial charge in [0.15, 0.2) is 0 Å². The first-order valence-corrected chi connectivity index (χ1v) is 8.08. The molecule has 0 amide bonds. The van der Waals surface area contributed by atoms with Gasteiger partial charge in [-0.15, -0.1) is 0 Å². The van der Waals surface area contributed by atoms with E-state index in [0.717, 1.165) is 22.6 Å². The zero-order valence-electron chi connectivity index (χ0n) is 12.8. The highest BCUT2D eigenvalue weighted by Gasteiger charge is 2.22. The van der Waals surface area contributed by atoms with E-state index in [1.54, 1.807) is 0 Å². The van der Waals surface area contributed by atoms with Crippen LogP contribution in [-0.4, -0.2) is 5.71 Å². The Morgan fingerprint density at radius 2 is 1.59 bits per heavy atom. The van der Waals surface area contributed by atoms with E-state index < -0.39 is 0 Å². The molecule has 0 unspecified atom stereocenters. The Hall–Kier alpha value is -2.29. The first-order chi connectivity index (χ1) is 10.8. The summed E-state index contributed by atoms with van der Waals surface area (Å²) < 4.78 is 0. The molecule has 0 atom stereocenters. The van der Waals surface area contributed by atoms with Gasteiger partial charge < -0.3 is 5.73 Å². The lowest BCUT2D eigenvalue weighted by Crippen LogP contribution is -2.21. The van der Waals surface area contributed by atoms with Crippen molar-refractivity contribution in [2.24, 2.45) is 11.0 Å². The third-order valence-corrected chi connectivity index (χ3v) is 4.31. The third-order valence-electron chi connectivity index (χ3n) is 4.31. The zero-order valence-corrected chi connectivity index (χ0v) is 12.8. The number of para-hydroxylation sites is 2. The fourth-order valence-electron chi connectivity index (χ4n) is 3.12. The number of nitrogens with one attached hydrogen (secondary N) is 1. The van der Waals surface area contributed by atoms with E-state index in [2.05, 4.69) is 11.5 Å². The van der Waals surface area contributed by atoms with Gasteiger partial charge in [-0.05, 0) is 31.0 Å². The quantitative estimate of drug-likeness (QED) is 0.489. The molecule has 114 valence electrons. The van der Waals surface area contributed by atoms with Gasteiger partial charge in [-0.3, -0.25) is 5.43 Å². The summed E-state index contributed by atoms with van der Waals surface area (Å²) in [5.74, 6) is 0.495. The highest BCUT2D eigenvalue weighted by Crippen LogP contribution is 2.29. The van der Waals surface area contributed by atoms with Gasteiger partial charge in [-0.25, -0.2) is 0 Å². The fraction of sp³-hybridized carbons (Fsp3) is 0.316. The van der Waals surface area contributed by atoms with Crippen LogP contribution in [-0.2, 0) is 0 Å².